The molecule has 0 saturated heterocycles. The predicted molar refractivity (Wildman–Crippen MR) is 31.0 cm³/mol. The summed E-state index contributed by atoms with van der Waals surface area (Å²) in [7, 11) is 1.78. The zero-order chi connectivity index (χ0) is 6.15. The third kappa shape index (κ3) is 0.831. The number of hydrogen-bond acceptors (Lipinski definition) is 1. The van der Waals surface area contributed by atoms with Crippen molar-refractivity contribution in [2.24, 2.45) is 5.92 Å². The Morgan fingerprint density at radius 2 is 2.25 bits per heavy atom. The molecule has 0 aromatic heterocycles. The number of rotatable bonds is 2. The van der Waals surface area contributed by atoms with Crippen molar-refractivity contribution in [3.8, 4) is 0 Å². The summed E-state index contributed by atoms with van der Waals surface area (Å²) >= 11 is 0. The molecule has 2 unspecified atom stereocenters. The van der Waals surface area contributed by atoms with Crippen molar-refractivity contribution in [3.05, 3.63) is 0 Å². The van der Waals surface area contributed by atoms with Gasteiger partial charge in [0.1, 0.15) is 0 Å². The van der Waals surface area contributed by atoms with Gasteiger partial charge in [-0.1, -0.05) is 6.92 Å². The fraction of sp³-hybridized carbons (Fsp3) is 0.833. The summed E-state index contributed by atoms with van der Waals surface area (Å²) in [5.74, 6) is 0.710. The maximum Gasteiger partial charge on any atom is 0.312 e. The van der Waals surface area contributed by atoms with E-state index in [9.17, 15) is 4.79 Å². The van der Waals surface area contributed by atoms with E-state index in [0.29, 0.717) is 12.0 Å². The Hall–Kier alpha value is -0.530. The molecule has 1 aliphatic rings. The molecule has 1 saturated carbocycles. The first-order valence-electron chi connectivity index (χ1n) is 2.86. The van der Waals surface area contributed by atoms with E-state index >= 15 is 0 Å². The highest BCUT2D eigenvalue weighted by Crippen LogP contribution is 2.32. The van der Waals surface area contributed by atoms with Crippen LogP contribution in [0.25, 0.3) is 0 Å². The smallest absolute Gasteiger partial charge is 0.312 e. The molecular formula is C6H10NO. The zero-order valence-electron chi connectivity index (χ0n) is 5.22. The molecular weight excluding hydrogens is 102 g/mol. The first kappa shape index (κ1) is 5.60. The van der Waals surface area contributed by atoms with Gasteiger partial charge in [0.2, 0.25) is 0 Å². The van der Waals surface area contributed by atoms with Crippen LogP contribution in [0.5, 0.6) is 0 Å². The molecule has 0 aromatic rings. The lowest BCUT2D eigenvalue weighted by Gasteiger charge is -2.05. The molecule has 0 bridgehead atoms. The van der Waals surface area contributed by atoms with Crippen LogP contribution in [0.2, 0.25) is 0 Å². The summed E-state index contributed by atoms with van der Waals surface area (Å²) in [6.45, 7) is 2.14. The molecule has 1 radical (unpaired) electrons. The van der Waals surface area contributed by atoms with E-state index in [0.717, 1.165) is 6.42 Å². The normalized spacial score (nSPS) is 34.2. The van der Waals surface area contributed by atoms with Gasteiger partial charge in [0.25, 0.3) is 0 Å². The summed E-state index contributed by atoms with van der Waals surface area (Å²) in [4.78, 5) is 11.5. The zero-order valence-corrected chi connectivity index (χ0v) is 5.22. The molecule has 0 spiro atoms. The Kier molecular flexibility index (Phi) is 1.24. The monoisotopic (exact) mass is 112 g/mol. The fourth-order valence-corrected chi connectivity index (χ4v) is 0.910. The minimum atomic E-state index is 0.493. The highest BCUT2D eigenvalue weighted by Gasteiger charge is 2.35. The van der Waals surface area contributed by atoms with Gasteiger partial charge in [-0.05, 0) is 12.3 Å². The van der Waals surface area contributed by atoms with E-state index in [1.54, 1.807) is 11.9 Å². The van der Waals surface area contributed by atoms with E-state index in [4.69, 9.17) is 0 Å². The summed E-state index contributed by atoms with van der Waals surface area (Å²) in [5.41, 5.74) is 0. The Morgan fingerprint density at radius 3 is 2.38 bits per heavy atom. The third-order valence-corrected chi connectivity index (χ3v) is 1.71. The second kappa shape index (κ2) is 1.77. The minimum Gasteiger partial charge on any atom is -0.334 e. The van der Waals surface area contributed by atoms with Gasteiger partial charge in [0.05, 0.1) is 0 Å². The van der Waals surface area contributed by atoms with E-state index in [1.807, 2.05) is 6.41 Å². The summed E-state index contributed by atoms with van der Waals surface area (Å²) < 4.78 is 0. The fourth-order valence-electron chi connectivity index (χ4n) is 0.910. The van der Waals surface area contributed by atoms with Crippen LogP contribution in [0.15, 0.2) is 0 Å². The van der Waals surface area contributed by atoms with Crippen LogP contribution in [0, 0.1) is 5.92 Å². The number of hydrogen-bond donors (Lipinski definition) is 0. The average Bonchev–Trinajstić information content (AvgIpc) is 2.45. The molecule has 0 aliphatic heterocycles. The van der Waals surface area contributed by atoms with Crippen molar-refractivity contribution in [2.45, 2.75) is 19.4 Å². The third-order valence-electron chi connectivity index (χ3n) is 1.71. The molecule has 2 nitrogen and oxygen atoms in total. The van der Waals surface area contributed by atoms with Crippen molar-refractivity contribution in [1.29, 1.82) is 0 Å². The lowest BCUT2D eigenvalue weighted by atomic mass is 10.5. The number of nitrogens with zero attached hydrogens (tertiary/aromatic N) is 1. The van der Waals surface area contributed by atoms with Gasteiger partial charge in [-0.25, -0.2) is 0 Å². The topological polar surface area (TPSA) is 20.3 Å². The highest BCUT2D eigenvalue weighted by atomic mass is 16.1. The number of carbonyl (C=O) groups excluding carboxylic acids is 1. The van der Waals surface area contributed by atoms with Crippen molar-refractivity contribution in [3.63, 3.8) is 0 Å². The highest BCUT2D eigenvalue weighted by molar-refractivity contribution is 5.49. The van der Waals surface area contributed by atoms with Crippen LogP contribution in [-0.2, 0) is 4.79 Å². The van der Waals surface area contributed by atoms with Crippen LogP contribution in [0.3, 0.4) is 0 Å². The Bertz CT molecular complexity index is 103. The van der Waals surface area contributed by atoms with Crippen molar-refractivity contribution in [2.75, 3.05) is 7.05 Å². The Balaban J connectivity index is 2.27. The molecule has 1 fully saturated rings. The van der Waals surface area contributed by atoms with E-state index in [1.165, 1.54) is 0 Å². The molecule has 0 heterocycles. The van der Waals surface area contributed by atoms with Crippen molar-refractivity contribution < 1.29 is 4.79 Å². The van der Waals surface area contributed by atoms with Crippen molar-refractivity contribution in [1.82, 2.24) is 4.90 Å². The molecule has 0 aromatic carbocycles. The first-order valence-corrected chi connectivity index (χ1v) is 2.86. The van der Waals surface area contributed by atoms with E-state index in [2.05, 4.69) is 6.92 Å². The van der Waals surface area contributed by atoms with E-state index in [-0.39, 0.29) is 0 Å². The summed E-state index contributed by atoms with van der Waals surface area (Å²) in [6.07, 6.45) is 3.00. The average molecular weight is 112 g/mol. The summed E-state index contributed by atoms with van der Waals surface area (Å²) in [6, 6.07) is 0.493. The van der Waals surface area contributed by atoms with Gasteiger partial charge in [0.15, 0.2) is 0 Å². The van der Waals surface area contributed by atoms with Gasteiger partial charge in [0, 0.05) is 13.1 Å². The van der Waals surface area contributed by atoms with Gasteiger partial charge in [-0.3, -0.25) is 4.79 Å². The van der Waals surface area contributed by atoms with Gasteiger partial charge >= 0.3 is 6.41 Å². The maximum atomic E-state index is 9.93. The Labute approximate surface area is 49.5 Å². The molecule has 45 valence electrons. The molecule has 2 heteroatoms. The van der Waals surface area contributed by atoms with Crippen LogP contribution in [-0.4, -0.2) is 24.4 Å². The maximum absolute atomic E-state index is 9.93. The SMILES string of the molecule is CC1CC1N(C)[C]=O. The molecule has 1 rings (SSSR count). The Morgan fingerprint density at radius 1 is 1.75 bits per heavy atom. The standard InChI is InChI=1S/C6H10NO/c1-5-3-6(5)7(2)4-8/h5-6H,3H2,1-2H3. The molecule has 1 aliphatic carbocycles. The number of amides is 1. The van der Waals surface area contributed by atoms with Gasteiger partial charge in [-0.2, -0.15) is 0 Å². The molecule has 0 N–H and O–H groups in total. The van der Waals surface area contributed by atoms with E-state index < -0.39 is 0 Å². The van der Waals surface area contributed by atoms with Gasteiger partial charge in [-0.15, -0.1) is 0 Å². The molecule has 8 heavy (non-hydrogen) atoms. The quantitative estimate of drug-likeness (QED) is 0.473. The van der Waals surface area contributed by atoms with Crippen LogP contribution in [0.4, 0.5) is 0 Å². The molecule has 1 amide bonds. The first-order chi connectivity index (χ1) is 3.75. The van der Waals surface area contributed by atoms with Gasteiger partial charge < -0.3 is 4.90 Å². The van der Waals surface area contributed by atoms with Crippen molar-refractivity contribution >= 4 is 6.41 Å². The second-order valence-corrected chi connectivity index (χ2v) is 2.48. The second-order valence-electron chi connectivity index (χ2n) is 2.48. The lowest BCUT2D eigenvalue weighted by Crippen LogP contribution is -2.19. The summed E-state index contributed by atoms with van der Waals surface area (Å²) in [5, 5.41) is 0. The predicted octanol–water partition coefficient (Wildman–Crippen LogP) is 0.394. The largest absolute Gasteiger partial charge is 0.334 e. The minimum absolute atomic E-state index is 0.493. The molecule has 2 atom stereocenters. The van der Waals surface area contributed by atoms with Crippen LogP contribution in [0.1, 0.15) is 13.3 Å². The lowest BCUT2D eigenvalue weighted by molar-refractivity contribution is 0.416. The van der Waals surface area contributed by atoms with Crippen LogP contribution >= 0.6 is 0 Å². The van der Waals surface area contributed by atoms with Crippen LogP contribution < -0.4 is 0 Å².